The summed E-state index contributed by atoms with van der Waals surface area (Å²) in [6.45, 7) is 10.7. The number of hydrogen-bond acceptors (Lipinski definition) is 3. The Hall–Kier alpha value is -0.380. The lowest BCUT2D eigenvalue weighted by Gasteiger charge is -2.38. The van der Waals surface area contributed by atoms with Crippen molar-refractivity contribution in [1.29, 1.82) is 0 Å². The molecule has 0 aromatic carbocycles. The second-order valence-electron chi connectivity index (χ2n) is 5.07. The lowest BCUT2D eigenvalue weighted by molar-refractivity contribution is 0.111. The van der Waals surface area contributed by atoms with Crippen LogP contribution in [0.2, 0.25) is 0 Å². The number of piperazine rings is 1. The maximum Gasteiger partial charge on any atom is 0.0345 e. The van der Waals surface area contributed by atoms with Crippen molar-refractivity contribution in [3.63, 3.8) is 0 Å². The van der Waals surface area contributed by atoms with Crippen LogP contribution in [0.25, 0.3) is 0 Å². The molecule has 94 valence electrons. The van der Waals surface area contributed by atoms with Gasteiger partial charge in [-0.2, -0.15) is 0 Å². The van der Waals surface area contributed by atoms with Crippen molar-refractivity contribution in [3.8, 4) is 0 Å². The average molecular weight is 225 g/mol. The van der Waals surface area contributed by atoms with Gasteiger partial charge in [0.25, 0.3) is 0 Å². The Balaban J connectivity index is 2.22. The number of likely N-dealkylation sites (N-methyl/N-ethyl adjacent to an activating group) is 2. The third-order valence-electron chi connectivity index (χ3n) is 3.49. The molecule has 1 saturated heterocycles. The standard InChI is InChI=1S/C13H27N3/c1-5-6-7-12(2)14-10-13-11-15(3)8-9-16(13)4/h5,12-14H,1,6-11H2,2-4H3. The van der Waals surface area contributed by atoms with Gasteiger partial charge in [0.15, 0.2) is 0 Å². The van der Waals surface area contributed by atoms with Gasteiger partial charge in [-0.1, -0.05) is 6.08 Å². The van der Waals surface area contributed by atoms with E-state index in [9.17, 15) is 0 Å². The van der Waals surface area contributed by atoms with Gasteiger partial charge in [-0.25, -0.2) is 0 Å². The van der Waals surface area contributed by atoms with Gasteiger partial charge in [0.1, 0.15) is 0 Å². The Kier molecular flexibility index (Phi) is 6.03. The highest BCUT2D eigenvalue weighted by Gasteiger charge is 2.21. The lowest BCUT2D eigenvalue weighted by atomic mass is 10.1. The molecule has 0 aromatic heterocycles. The first-order valence-corrected chi connectivity index (χ1v) is 6.36. The molecule has 1 aliphatic rings. The molecular weight excluding hydrogens is 198 g/mol. The SMILES string of the molecule is C=CCCC(C)NCC1CN(C)CCN1C. The summed E-state index contributed by atoms with van der Waals surface area (Å²) in [5, 5.41) is 3.62. The molecule has 0 spiro atoms. The van der Waals surface area contributed by atoms with Gasteiger partial charge in [0.05, 0.1) is 0 Å². The fourth-order valence-electron chi connectivity index (χ4n) is 2.13. The molecule has 3 heteroatoms. The molecule has 2 atom stereocenters. The van der Waals surface area contributed by atoms with Crippen LogP contribution in [-0.2, 0) is 0 Å². The molecule has 1 heterocycles. The van der Waals surface area contributed by atoms with Crippen molar-refractivity contribution in [2.75, 3.05) is 40.3 Å². The molecule has 0 radical (unpaired) electrons. The summed E-state index contributed by atoms with van der Waals surface area (Å²) in [6, 6.07) is 1.25. The molecule has 3 nitrogen and oxygen atoms in total. The number of allylic oxidation sites excluding steroid dienone is 1. The number of hydrogen-bond donors (Lipinski definition) is 1. The van der Waals surface area contributed by atoms with E-state index in [1.807, 2.05) is 6.08 Å². The van der Waals surface area contributed by atoms with Crippen molar-refractivity contribution < 1.29 is 0 Å². The summed E-state index contributed by atoms with van der Waals surface area (Å²) in [5.41, 5.74) is 0. The lowest BCUT2D eigenvalue weighted by Crippen LogP contribution is -2.54. The van der Waals surface area contributed by atoms with Crippen LogP contribution >= 0.6 is 0 Å². The molecule has 0 aliphatic carbocycles. The molecule has 0 bridgehead atoms. The van der Waals surface area contributed by atoms with E-state index in [0.717, 1.165) is 13.0 Å². The molecule has 1 N–H and O–H groups in total. The zero-order valence-electron chi connectivity index (χ0n) is 11.1. The highest BCUT2D eigenvalue weighted by Crippen LogP contribution is 2.05. The van der Waals surface area contributed by atoms with E-state index in [-0.39, 0.29) is 0 Å². The number of nitrogens with one attached hydrogen (secondary N) is 1. The molecule has 0 aromatic rings. The fourth-order valence-corrected chi connectivity index (χ4v) is 2.13. The van der Waals surface area contributed by atoms with Crippen LogP contribution in [-0.4, -0.2) is 62.2 Å². The molecule has 1 aliphatic heterocycles. The van der Waals surface area contributed by atoms with Crippen molar-refractivity contribution in [2.24, 2.45) is 0 Å². The minimum absolute atomic E-state index is 0.596. The van der Waals surface area contributed by atoms with Crippen LogP contribution < -0.4 is 5.32 Å². The number of rotatable bonds is 6. The summed E-state index contributed by atoms with van der Waals surface area (Å²) in [4.78, 5) is 4.88. The summed E-state index contributed by atoms with van der Waals surface area (Å²) in [7, 11) is 4.44. The predicted molar refractivity (Wildman–Crippen MR) is 70.8 cm³/mol. The fraction of sp³-hybridized carbons (Fsp3) is 0.846. The Morgan fingerprint density at radius 2 is 2.19 bits per heavy atom. The maximum atomic E-state index is 3.76. The van der Waals surface area contributed by atoms with Crippen LogP contribution in [0.15, 0.2) is 12.7 Å². The first-order valence-electron chi connectivity index (χ1n) is 6.36. The van der Waals surface area contributed by atoms with Gasteiger partial charge in [-0.3, -0.25) is 4.90 Å². The normalized spacial score (nSPS) is 25.6. The highest BCUT2D eigenvalue weighted by molar-refractivity contribution is 4.81. The second kappa shape index (κ2) is 7.05. The summed E-state index contributed by atoms with van der Waals surface area (Å²) in [5.74, 6) is 0. The molecule has 1 rings (SSSR count). The smallest absolute Gasteiger partial charge is 0.0345 e. The molecule has 16 heavy (non-hydrogen) atoms. The van der Waals surface area contributed by atoms with Crippen LogP contribution in [0, 0.1) is 0 Å². The highest BCUT2D eigenvalue weighted by atomic mass is 15.3. The maximum absolute atomic E-state index is 3.76. The first kappa shape index (κ1) is 13.7. The van der Waals surface area contributed by atoms with E-state index in [2.05, 4.69) is 42.7 Å². The van der Waals surface area contributed by atoms with E-state index in [1.165, 1.54) is 26.1 Å². The Morgan fingerprint density at radius 3 is 2.88 bits per heavy atom. The van der Waals surface area contributed by atoms with E-state index < -0.39 is 0 Å². The van der Waals surface area contributed by atoms with Crippen molar-refractivity contribution in [1.82, 2.24) is 15.1 Å². The van der Waals surface area contributed by atoms with E-state index in [0.29, 0.717) is 12.1 Å². The Morgan fingerprint density at radius 1 is 1.44 bits per heavy atom. The van der Waals surface area contributed by atoms with Crippen molar-refractivity contribution in [3.05, 3.63) is 12.7 Å². The van der Waals surface area contributed by atoms with Gasteiger partial charge in [-0.15, -0.1) is 6.58 Å². The Bertz CT molecular complexity index is 205. The van der Waals surface area contributed by atoms with Crippen molar-refractivity contribution >= 4 is 0 Å². The minimum Gasteiger partial charge on any atom is -0.313 e. The molecular formula is C13H27N3. The van der Waals surface area contributed by atoms with Crippen LogP contribution in [0.5, 0.6) is 0 Å². The van der Waals surface area contributed by atoms with Crippen LogP contribution in [0.3, 0.4) is 0 Å². The van der Waals surface area contributed by atoms with E-state index >= 15 is 0 Å². The Labute approximate surface area is 100 Å². The second-order valence-corrected chi connectivity index (χ2v) is 5.07. The predicted octanol–water partition coefficient (Wildman–Crippen LogP) is 1.18. The zero-order chi connectivity index (χ0) is 12.0. The summed E-state index contributed by atoms with van der Waals surface area (Å²) < 4.78 is 0. The summed E-state index contributed by atoms with van der Waals surface area (Å²) >= 11 is 0. The quantitative estimate of drug-likeness (QED) is 0.685. The third-order valence-corrected chi connectivity index (χ3v) is 3.49. The zero-order valence-corrected chi connectivity index (χ0v) is 11.1. The minimum atomic E-state index is 0.596. The van der Waals surface area contributed by atoms with Crippen molar-refractivity contribution in [2.45, 2.75) is 31.8 Å². The van der Waals surface area contributed by atoms with Gasteiger partial charge in [-0.05, 0) is 33.9 Å². The topological polar surface area (TPSA) is 18.5 Å². The monoisotopic (exact) mass is 225 g/mol. The van der Waals surface area contributed by atoms with E-state index in [4.69, 9.17) is 0 Å². The van der Waals surface area contributed by atoms with Crippen LogP contribution in [0.4, 0.5) is 0 Å². The van der Waals surface area contributed by atoms with Gasteiger partial charge >= 0.3 is 0 Å². The van der Waals surface area contributed by atoms with Gasteiger partial charge in [0.2, 0.25) is 0 Å². The molecule has 0 amide bonds. The molecule has 0 saturated carbocycles. The third kappa shape index (κ3) is 4.64. The van der Waals surface area contributed by atoms with Gasteiger partial charge < -0.3 is 10.2 Å². The summed E-state index contributed by atoms with van der Waals surface area (Å²) in [6.07, 6.45) is 4.29. The molecule has 2 unspecified atom stereocenters. The molecule has 1 fully saturated rings. The number of nitrogens with zero attached hydrogens (tertiary/aromatic N) is 2. The first-order chi connectivity index (χ1) is 7.63. The average Bonchev–Trinajstić information content (AvgIpc) is 2.27. The largest absolute Gasteiger partial charge is 0.313 e. The van der Waals surface area contributed by atoms with E-state index in [1.54, 1.807) is 0 Å². The van der Waals surface area contributed by atoms with Crippen LogP contribution in [0.1, 0.15) is 19.8 Å². The van der Waals surface area contributed by atoms with Gasteiger partial charge in [0, 0.05) is 38.3 Å².